The highest BCUT2D eigenvalue weighted by Crippen LogP contribution is 2.41. The van der Waals surface area contributed by atoms with E-state index in [1.165, 1.54) is 22.5 Å². The van der Waals surface area contributed by atoms with Gasteiger partial charge < -0.3 is 22.7 Å². The van der Waals surface area contributed by atoms with Gasteiger partial charge in [-0.15, -0.1) is 23.1 Å². The number of thioether (sulfide) groups is 1. The van der Waals surface area contributed by atoms with Gasteiger partial charge in [0.05, 0.1) is 0 Å². The molecule has 2 aromatic carbocycles. The van der Waals surface area contributed by atoms with E-state index in [1.807, 2.05) is 60.3 Å². The van der Waals surface area contributed by atoms with Crippen molar-refractivity contribution in [2.75, 3.05) is 5.73 Å². The van der Waals surface area contributed by atoms with E-state index in [4.69, 9.17) is 5.73 Å². The summed E-state index contributed by atoms with van der Waals surface area (Å²) in [6, 6.07) is 20.0. The van der Waals surface area contributed by atoms with Crippen LogP contribution in [0, 0.1) is 13.8 Å². The van der Waals surface area contributed by atoms with Crippen molar-refractivity contribution >= 4 is 50.5 Å². The van der Waals surface area contributed by atoms with Crippen molar-refractivity contribution in [2.24, 2.45) is 0 Å². The van der Waals surface area contributed by atoms with Crippen molar-refractivity contribution in [1.29, 1.82) is 0 Å². The summed E-state index contributed by atoms with van der Waals surface area (Å²) in [7, 11) is 0. The van der Waals surface area contributed by atoms with Gasteiger partial charge in [0, 0.05) is 27.4 Å². The Labute approximate surface area is 215 Å². The number of thiophene rings is 1. The van der Waals surface area contributed by atoms with Crippen LogP contribution in [-0.4, -0.2) is 5.78 Å². The lowest BCUT2D eigenvalue weighted by molar-refractivity contribution is -0.597. The summed E-state index contributed by atoms with van der Waals surface area (Å²) in [6.07, 6.45) is 4.03. The number of hydrogen-bond acceptors (Lipinski definition) is 4. The molecule has 2 aromatic heterocycles. The topological polar surface area (TPSA) is 47.0 Å². The third-order valence-electron chi connectivity index (χ3n) is 4.90. The highest BCUT2D eigenvalue weighted by molar-refractivity contribution is 9.10. The molecule has 0 aliphatic rings. The molecule has 0 atom stereocenters. The fraction of sp³-hybridized carbons (Fsp3) is 0.120. The van der Waals surface area contributed by atoms with Gasteiger partial charge in [0.1, 0.15) is 14.8 Å². The molecule has 0 amide bonds. The number of carbonyl (C=O) groups excluding carboxylic acids is 1. The van der Waals surface area contributed by atoms with Crippen LogP contribution in [0.3, 0.4) is 0 Å². The molecule has 0 saturated heterocycles. The maximum atomic E-state index is 13.3. The van der Waals surface area contributed by atoms with Crippen LogP contribution in [0.25, 0.3) is 5.69 Å². The quantitative estimate of drug-likeness (QED) is 0.213. The molecule has 0 unspecified atom stereocenters. The molecule has 0 aliphatic heterocycles. The molecule has 0 fully saturated rings. The molecule has 0 radical (unpaired) electrons. The maximum Gasteiger partial charge on any atom is 0.259 e. The van der Waals surface area contributed by atoms with Crippen molar-refractivity contribution in [1.82, 2.24) is 0 Å². The van der Waals surface area contributed by atoms with Crippen LogP contribution in [0.4, 0.5) is 5.69 Å². The molecular weight excluding hydrogens is 568 g/mol. The van der Waals surface area contributed by atoms with Crippen molar-refractivity contribution in [3.8, 4) is 5.69 Å². The van der Waals surface area contributed by atoms with Gasteiger partial charge in [0.15, 0.2) is 12.4 Å². The number of rotatable bonds is 6. The van der Waals surface area contributed by atoms with Crippen LogP contribution in [-0.2, 0) is 5.75 Å². The van der Waals surface area contributed by atoms with E-state index in [-0.39, 0.29) is 22.8 Å². The number of hydrogen-bond donors (Lipinski definition) is 1. The van der Waals surface area contributed by atoms with Crippen LogP contribution in [0.5, 0.6) is 0 Å². The molecule has 3 nitrogen and oxygen atoms in total. The van der Waals surface area contributed by atoms with E-state index in [2.05, 4.69) is 47.1 Å². The highest BCUT2D eigenvalue weighted by atomic mass is 79.9. The third kappa shape index (κ3) is 5.52. The standard InChI is InChI=1S/C25H21BrN2OS2.BrH/c1-16-5-7-18(8-6-16)15-30-25-22(28-13-3-4-17(2)14-28)21(27)24(31-25)23(29)19-9-11-20(26)12-10-19;/h3-14H,15H2,1-2H3,(H-,27,29);1H. The van der Waals surface area contributed by atoms with Crippen LogP contribution < -0.4 is 27.3 Å². The summed E-state index contributed by atoms with van der Waals surface area (Å²) in [5.41, 5.74) is 12.2. The first kappa shape index (κ1) is 24.7. The Balaban J connectivity index is 0.00000289. The molecule has 32 heavy (non-hydrogen) atoms. The van der Waals surface area contributed by atoms with E-state index in [0.717, 1.165) is 25.7 Å². The number of benzene rings is 2. The van der Waals surface area contributed by atoms with E-state index < -0.39 is 0 Å². The van der Waals surface area contributed by atoms with Gasteiger partial charge in [-0.05, 0) is 49.7 Å². The average molecular weight is 590 g/mol. The Morgan fingerprint density at radius 1 is 1.03 bits per heavy atom. The Morgan fingerprint density at radius 3 is 2.38 bits per heavy atom. The van der Waals surface area contributed by atoms with E-state index in [0.29, 0.717) is 16.1 Å². The van der Waals surface area contributed by atoms with Crippen molar-refractivity contribution in [3.63, 3.8) is 0 Å². The second kappa shape index (κ2) is 10.8. The van der Waals surface area contributed by atoms with Gasteiger partial charge in [0.25, 0.3) is 5.69 Å². The molecular formula is C25H22Br2N2OS2. The van der Waals surface area contributed by atoms with Crippen molar-refractivity contribution < 1.29 is 26.3 Å². The Bertz CT molecular complexity index is 1240. The minimum atomic E-state index is -0.0494. The summed E-state index contributed by atoms with van der Waals surface area (Å²) in [4.78, 5) is 13.8. The maximum absolute atomic E-state index is 13.3. The zero-order chi connectivity index (χ0) is 22.0. The first-order chi connectivity index (χ1) is 14.9. The van der Waals surface area contributed by atoms with Crippen LogP contribution in [0.15, 0.2) is 81.7 Å². The summed E-state index contributed by atoms with van der Waals surface area (Å²) in [6.45, 7) is 4.13. The third-order valence-corrected chi connectivity index (χ3v) is 7.95. The lowest BCUT2D eigenvalue weighted by Gasteiger charge is -2.03. The summed E-state index contributed by atoms with van der Waals surface area (Å²) >= 11 is 6.61. The summed E-state index contributed by atoms with van der Waals surface area (Å²) in [5.74, 6) is 0.762. The molecule has 0 spiro atoms. The first-order valence-electron chi connectivity index (χ1n) is 9.81. The molecule has 0 aliphatic carbocycles. The monoisotopic (exact) mass is 588 g/mol. The number of ketones is 1. The Morgan fingerprint density at radius 2 is 1.72 bits per heavy atom. The number of nitrogen functional groups attached to an aromatic ring is 1. The van der Waals surface area contributed by atoms with Gasteiger partial charge in [-0.3, -0.25) is 4.79 Å². The number of halogens is 2. The van der Waals surface area contributed by atoms with Gasteiger partial charge >= 0.3 is 0 Å². The predicted octanol–water partition coefficient (Wildman–Crippen LogP) is 3.51. The van der Waals surface area contributed by atoms with E-state index >= 15 is 0 Å². The number of anilines is 1. The predicted molar refractivity (Wildman–Crippen MR) is 133 cm³/mol. The molecule has 164 valence electrons. The fourth-order valence-electron chi connectivity index (χ4n) is 3.22. The fourth-order valence-corrected chi connectivity index (χ4v) is 5.91. The molecule has 0 saturated carbocycles. The second-order valence-electron chi connectivity index (χ2n) is 7.38. The van der Waals surface area contributed by atoms with Gasteiger partial charge in [-0.1, -0.05) is 45.8 Å². The van der Waals surface area contributed by atoms with Gasteiger partial charge in [0.2, 0.25) is 5.78 Å². The number of nitrogens with zero attached hydrogens (tertiary/aromatic N) is 1. The lowest BCUT2D eigenvalue weighted by Crippen LogP contribution is -3.00. The molecule has 4 rings (SSSR count). The van der Waals surface area contributed by atoms with Crippen molar-refractivity contribution in [2.45, 2.75) is 23.8 Å². The smallest absolute Gasteiger partial charge is 0.259 e. The lowest BCUT2D eigenvalue weighted by atomic mass is 10.1. The molecule has 4 aromatic rings. The summed E-state index contributed by atoms with van der Waals surface area (Å²) < 4.78 is 4.00. The van der Waals surface area contributed by atoms with Crippen LogP contribution in [0.1, 0.15) is 31.9 Å². The second-order valence-corrected chi connectivity index (χ2v) is 10.6. The largest absolute Gasteiger partial charge is 1.00 e. The summed E-state index contributed by atoms with van der Waals surface area (Å²) in [5, 5.41) is 0. The number of aromatic nitrogens is 1. The first-order valence-corrected chi connectivity index (χ1v) is 12.4. The number of carbonyl (C=O) groups is 1. The number of nitrogens with two attached hydrogens (primary N) is 1. The average Bonchev–Trinajstić information content (AvgIpc) is 3.09. The normalized spacial score (nSPS) is 10.6. The molecule has 2 N–H and O–H groups in total. The van der Waals surface area contributed by atoms with Crippen LogP contribution >= 0.6 is 39.0 Å². The molecule has 0 bridgehead atoms. The SMILES string of the molecule is Cc1ccc(CSc2sc(C(=O)c3ccc(Br)cc3)c(N)c2-[n+]2cccc(C)c2)cc1.[Br-]. The zero-order valence-electron chi connectivity index (χ0n) is 17.6. The van der Waals surface area contributed by atoms with Crippen molar-refractivity contribution in [3.05, 3.63) is 105 Å². The Hall–Kier alpha value is -1.93. The highest BCUT2D eigenvalue weighted by Gasteiger charge is 2.28. The molecule has 2 heterocycles. The van der Waals surface area contributed by atoms with Crippen LogP contribution in [0.2, 0.25) is 0 Å². The minimum absolute atomic E-state index is 0. The number of pyridine rings is 1. The van der Waals surface area contributed by atoms with Gasteiger partial charge in [-0.2, -0.15) is 4.57 Å². The van der Waals surface area contributed by atoms with Gasteiger partial charge in [-0.25, -0.2) is 0 Å². The molecule has 7 heteroatoms. The zero-order valence-corrected chi connectivity index (χ0v) is 22.4. The van der Waals surface area contributed by atoms with E-state index in [9.17, 15) is 4.79 Å². The number of aryl methyl sites for hydroxylation is 2. The Kier molecular flexibility index (Phi) is 8.33. The van der Waals surface area contributed by atoms with E-state index in [1.54, 1.807) is 11.8 Å². The minimum Gasteiger partial charge on any atom is -1.00 e.